The van der Waals surface area contributed by atoms with E-state index in [0.717, 1.165) is 30.2 Å². The highest BCUT2D eigenvalue weighted by Gasteiger charge is 2.20. The van der Waals surface area contributed by atoms with Crippen molar-refractivity contribution in [3.63, 3.8) is 0 Å². The lowest BCUT2D eigenvalue weighted by Crippen LogP contribution is -2.38. The highest BCUT2D eigenvalue weighted by Crippen LogP contribution is 2.26. The zero-order valence-corrected chi connectivity index (χ0v) is 12.7. The van der Waals surface area contributed by atoms with E-state index in [-0.39, 0.29) is 5.91 Å². The number of thiophene rings is 1. The molecular weight excluding hydrogens is 286 g/mol. The van der Waals surface area contributed by atoms with Gasteiger partial charge in [0, 0.05) is 31.1 Å². The van der Waals surface area contributed by atoms with Crippen LogP contribution in [0.5, 0.6) is 0 Å². The van der Waals surface area contributed by atoms with Crippen LogP contribution in [0.1, 0.15) is 10.4 Å². The van der Waals surface area contributed by atoms with Crippen LogP contribution in [0.3, 0.4) is 0 Å². The number of hydrogen-bond acceptors (Lipinski definition) is 5. The summed E-state index contributed by atoms with van der Waals surface area (Å²) in [6.45, 7) is 2.84. The normalized spacial score (nSPS) is 15.0. The summed E-state index contributed by atoms with van der Waals surface area (Å²) in [5, 5.41) is 6.77. The van der Waals surface area contributed by atoms with Gasteiger partial charge in [0.25, 0.3) is 5.91 Å². The number of amides is 1. The van der Waals surface area contributed by atoms with Gasteiger partial charge in [0.2, 0.25) is 0 Å². The molecule has 21 heavy (non-hydrogen) atoms. The number of nitrogens with one attached hydrogen (secondary N) is 1. The minimum atomic E-state index is -0.110. The van der Waals surface area contributed by atoms with Gasteiger partial charge in [-0.05, 0) is 23.6 Å². The highest BCUT2D eigenvalue weighted by atomic mass is 32.1. The number of rotatable bonds is 3. The molecule has 3 heterocycles. The van der Waals surface area contributed by atoms with Crippen LogP contribution in [-0.2, 0) is 4.74 Å². The second-order valence-electron chi connectivity index (χ2n) is 4.76. The van der Waals surface area contributed by atoms with E-state index in [4.69, 9.17) is 9.72 Å². The van der Waals surface area contributed by atoms with Gasteiger partial charge >= 0.3 is 0 Å². The van der Waals surface area contributed by atoms with Crippen molar-refractivity contribution in [2.24, 2.45) is 0 Å². The first-order valence-electron chi connectivity index (χ1n) is 6.88. The van der Waals surface area contributed by atoms with E-state index >= 15 is 0 Å². The lowest BCUT2D eigenvalue weighted by Gasteiger charge is -2.29. The Balaban J connectivity index is 2.03. The Hall–Kier alpha value is -1.92. The number of hydrogen-bond donors (Lipinski definition) is 1. The molecule has 0 aromatic carbocycles. The van der Waals surface area contributed by atoms with Crippen molar-refractivity contribution in [2.45, 2.75) is 0 Å². The molecule has 1 saturated heterocycles. The monoisotopic (exact) mass is 303 g/mol. The van der Waals surface area contributed by atoms with Gasteiger partial charge < -0.3 is 15.0 Å². The van der Waals surface area contributed by atoms with Gasteiger partial charge in [-0.3, -0.25) is 4.79 Å². The maximum absolute atomic E-state index is 12.1. The predicted molar refractivity (Wildman–Crippen MR) is 84.0 cm³/mol. The molecule has 1 aliphatic rings. The van der Waals surface area contributed by atoms with E-state index in [1.165, 1.54) is 0 Å². The molecule has 1 fully saturated rings. The summed E-state index contributed by atoms with van der Waals surface area (Å²) in [4.78, 5) is 18.9. The fourth-order valence-corrected chi connectivity index (χ4v) is 3.00. The molecule has 1 amide bonds. The number of carbonyl (C=O) groups excluding carboxylic acids is 1. The van der Waals surface area contributed by atoms with E-state index in [1.54, 1.807) is 18.4 Å². The molecule has 3 rings (SSSR count). The van der Waals surface area contributed by atoms with Gasteiger partial charge in [0.05, 0.1) is 24.5 Å². The zero-order chi connectivity index (χ0) is 14.7. The largest absolute Gasteiger partial charge is 0.378 e. The molecule has 0 spiro atoms. The van der Waals surface area contributed by atoms with E-state index in [1.807, 2.05) is 23.6 Å². The summed E-state index contributed by atoms with van der Waals surface area (Å²) >= 11 is 1.64. The Kier molecular flexibility index (Phi) is 4.17. The Bertz CT molecular complexity index is 622. The van der Waals surface area contributed by atoms with Crippen molar-refractivity contribution >= 4 is 23.1 Å². The molecule has 0 radical (unpaired) electrons. The lowest BCUT2D eigenvalue weighted by atomic mass is 10.1. The minimum absolute atomic E-state index is 0.110. The molecule has 6 heteroatoms. The fourth-order valence-electron chi connectivity index (χ4n) is 2.35. The van der Waals surface area contributed by atoms with Gasteiger partial charge in [0.15, 0.2) is 0 Å². The van der Waals surface area contributed by atoms with Crippen LogP contribution in [0, 0.1) is 0 Å². The van der Waals surface area contributed by atoms with E-state index < -0.39 is 0 Å². The van der Waals surface area contributed by atoms with Gasteiger partial charge in [-0.1, -0.05) is 0 Å². The summed E-state index contributed by atoms with van der Waals surface area (Å²) < 4.78 is 5.38. The SMILES string of the molecule is CNC(=O)c1ccc(-c2ccsc2)nc1N1CCOCC1. The fraction of sp³-hybridized carbons (Fsp3) is 0.333. The number of carbonyl (C=O) groups is 1. The molecule has 0 aliphatic carbocycles. The van der Waals surface area contributed by atoms with Crippen LogP contribution >= 0.6 is 11.3 Å². The Morgan fingerprint density at radius 1 is 1.33 bits per heavy atom. The molecule has 1 N–H and O–H groups in total. The molecule has 2 aromatic rings. The van der Waals surface area contributed by atoms with Crippen molar-refractivity contribution in [2.75, 3.05) is 38.3 Å². The quantitative estimate of drug-likeness (QED) is 0.942. The van der Waals surface area contributed by atoms with Gasteiger partial charge in [-0.2, -0.15) is 11.3 Å². The Labute approximate surface area is 127 Å². The zero-order valence-electron chi connectivity index (χ0n) is 11.8. The number of aromatic nitrogens is 1. The summed E-state index contributed by atoms with van der Waals surface area (Å²) in [6, 6.07) is 5.79. The van der Waals surface area contributed by atoms with Crippen LogP contribution in [0.25, 0.3) is 11.3 Å². The predicted octanol–water partition coefficient (Wildman–Crippen LogP) is 2.01. The lowest BCUT2D eigenvalue weighted by molar-refractivity contribution is 0.0961. The van der Waals surface area contributed by atoms with Crippen LogP contribution in [0.15, 0.2) is 29.0 Å². The van der Waals surface area contributed by atoms with Gasteiger partial charge in [-0.15, -0.1) is 0 Å². The third kappa shape index (κ3) is 2.91. The third-order valence-corrected chi connectivity index (χ3v) is 4.16. The number of anilines is 1. The summed E-state index contributed by atoms with van der Waals surface area (Å²) in [7, 11) is 1.64. The Morgan fingerprint density at radius 2 is 2.14 bits per heavy atom. The summed E-state index contributed by atoms with van der Waals surface area (Å²) in [6.07, 6.45) is 0. The summed E-state index contributed by atoms with van der Waals surface area (Å²) in [5.74, 6) is 0.627. The van der Waals surface area contributed by atoms with Crippen molar-refractivity contribution in [3.8, 4) is 11.3 Å². The second-order valence-corrected chi connectivity index (χ2v) is 5.54. The van der Waals surface area contributed by atoms with Crippen LogP contribution in [0.2, 0.25) is 0 Å². The molecule has 0 bridgehead atoms. The summed E-state index contributed by atoms with van der Waals surface area (Å²) in [5.41, 5.74) is 2.58. The number of pyridine rings is 1. The van der Waals surface area contributed by atoms with E-state index in [2.05, 4.69) is 15.6 Å². The molecule has 0 unspecified atom stereocenters. The number of nitrogens with zero attached hydrogens (tertiary/aromatic N) is 2. The molecule has 0 saturated carbocycles. The van der Waals surface area contributed by atoms with Crippen molar-refractivity contribution in [1.29, 1.82) is 0 Å². The maximum atomic E-state index is 12.1. The average molecular weight is 303 g/mol. The molecule has 0 atom stereocenters. The number of morpholine rings is 1. The van der Waals surface area contributed by atoms with Crippen LogP contribution in [0.4, 0.5) is 5.82 Å². The van der Waals surface area contributed by atoms with E-state index in [9.17, 15) is 4.79 Å². The number of ether oxygens (including phenoxy) is 1. The molecule has 1 aliphatic heterocycles. The highest BCUT2D eigenvalue weighted by molar-refractivity contribution is 7.08. The van der Waals surface area contributed by atoms with Crippen molar-refractivity contribution in [3.05, 3.63) is 34.5 Å². The first kappa shape index (κ1) is 14.0. The first-order chi connectivity index (χ1) is 10.3. The first-order valence-corrected chi connectivity index (χ1v) is 7.82. The minimum Gasteiger partial charge on any atom is -0.378 e. The van der Waals surface area contributed by atoms with Crippen LogP contribution < -0.4 is 10.2 Å². The molecule has 110 valence electrons. The van der Waals surface area contributed by atoms with Gasteiger partial charge in [0.1, 0.15) is 5.82 Å². The van der Waals surface area contributed by atoms with Crippen LogP contribution in [-0.4, -0.2) is 44.2 Å². The third-order valence-electron chi connectivity index (χ3n) is 3.47. The molecule has 5 nitrogen and oxygen atoms in total. The average Bonchev–Trinajstić information content (AvgIpc) is 3.09. The standard InChI is InChI=1S/C15H17N3O2S/c1-16-15(19)12-2-3-13(11-4-9-21-10-11)17-14(12)18-5-7-20-8-6-18/h2-4,9-10H,5-8H2,1H3,(H,16,19). The Morgan fingerprint density at radius 3 is 2.81 bits per heavy atom. The van der Waals surface area contributed by atoms with Crippen molar-refractivity contribution < 1.29 is 9.53 Å². The van der Waals surface area contributed by atoms with Crippen molar-refractivity contribution in [1.82, 2.24) is 10.3 Å². The molecular formula is C15H17N3O2S. The maximum Gasteiger partial charge on any atom is 0.254 e. The van der Waals surface area contributed by atoms with Gasteiger partial charge in [-0.25, -0.2) is 4.98 Å². The topological polar surface area (TPSA) is 54.5 Å². The van der Waals surface area contributed by atoms with E-state index in [0.29, 0.717) is 18.8 Å². The second kappa shape index (κ2) is 6.24. The smallest absolute Gasteiger partial charge is 0.254 e. The molecule has 2 aromatic heterocycles.